The van der Waals surface area contributed by atoms with Crippen molar-refractivity contribution in [3.8, 4) is 11.5 Å². The molecule has 0 bridgehead atoms. The molecule has 0 unspecified atom stereocenters. The van der Waals surface area contributed by atoms with E-state index in [1.54, 1.807) is 14.2 Å². The second kappa shape index (κ2) is 14.1. The summed E-state index contributed by atoms with van der Waals surface area (Å²) >= 11 is 0. The second-order valence-corrected chi connectivity index (χ2v) is 8.52. The lowest BCUT2D eigenvalue weighted by Gasteiger charge is -2.21. The Balaban J connectivity index is 2.75. The third-order valence-electron chi connectivity index (χ3n) is 5.54. The molecule has 0 saturated heterocycles. The minimum Gasteiger partial charge on any atom is -0.493 e. The zero-order chi connectivity index (χ0) is 22.5. The lowest BCUT2D eigenvalue weighted by Crippen LogP contribution is -2.18. The van der Waals surface area contributed by atoms with Gasteiger partial charge >= 0.3 is 5.97 Å². The van der Waals surface area contributed by atoms with E-state index in [0.29, 0.717) is 31.5 Å². The minimum atomic E-state index is -0.716. The molecule has 0 aliphatic carbocycles. The van der Waals surface area contributed by atoms with Crippen molar-refractivity contribution in [3.05, 3.63) is 35.9 Å². The Morgan fingerprint density at radius 3 is 2.27 bits per heavy atom. The van der Waals surface area contributed by atoms with Crippen LogP contribution in [0.3, 0.4) is 0 Å². The molecule has 0 amide bonds. The lowest BCUT2D eigenvalue weighted by molar-refractivity contribution is -0.143. The summed E-state index contributed by atoms with van der Waals surface area (Å²) in [6.45, 7) is 9.65. The molecule has 0 aliphatic heterocycles. The molecule has 0 spiro atoms. The zero-order valence-corrected chi connectivity index (χ0v) is 19.5. The van der Waals surface area contributed by atoms with Crippen molar-refractivity contribution in [2.24, 2.45) is 23.7 Å². The van der Waals surface area contributed by atoms with Crippen molar-refractivity contribution >= 4 is 5.97 Å². The van der Waals surface area contributed by atoms with Gasteiger partial charge in [-0.15, -0.1) is 0 Å². The maximum atomic E-state index is 11.4. The number of rotatable bonds is 15. The van der Waals surface area contributed by atoms with Gasteiger partial charge in [-0.05, 0) is 54.7 Å². The summed E-state index contributed by atoms with van der Waals surface area (Å²) in [6.07, 6.45) is 7.46. The molecule has 1 aromatic rings. The van der Waals surface area contributed by atoms with E-state index >= 15 is 0 Å². The molecule has 2 atom stereocenters. The van der Waals surface area contributed by atoms with Gasteiger partial charge in [-0.25, -0.2) is 0 Å². The van der Waals surface area contributed by atoms with Gasteiger partial charge in [0.15, 0.2) is 11.5 Å². The highest BCUT2D eigenvalue weighted by Crippen LogP contribution is 2.31. The first-order chi connectivity index (χ1) is 14.3. The van der Waals surface area contributed by atoms with Crippen molar-refractivity contribution in [2.45, 2.75) is 53.4 Å². The molecule has 0 heterocycles. The van der Waals surface area contributed by atoms with Crippen molar-refractivity contribution in [3.63, 3.8) is 0 Å². The quantitative estimate of drug-likeness (QED) is 0.295. The third-order valence-corrected chi connectivity index (χ3v) is 5.54. The predicted molar refractivity (Wildman–Crippen MR) is 121 cm³/mol. The Labute approximate surface area is 182 Å². The summed E-state index contributed by atoms with van der Waals surface area (Å²) in [5, 5.41) is 9.33. The first-order valence-corrected chi connectivity index (χ1v) is 11.0. The summed E-state index contributed by atoms with van der Waals surface area (Å²) in [5.41, 5.74) is 1.22. The maximum absolute atomic E-state index is 11.4. The van der Waals surface area contributed by atoms with E-state index in [4.69, 9.17) is 14.2 Å². The summed E-state index contributed by atoms with van der Waals surface area (Å²) in [5.74, 6) is 1.59. The van der Waals surface area contributed by atoms with Gasteiger partial charge in [-0.3, -0.25) is 4.79 Å². The second-order valence-electron chi connectivity index (χ2n) is 8.52. The molecule has 5 nitrogen and oxygen atoms in total. The van der Waals surface area contributed by atoms with Gasteiger partial charge in [0.1, 0.15) is 0 Å². The SMILES string of the molecule is COCCCOc1cc(C[C@@H](C/C=C/C[C@H](C(=O)O)C(C)C)C(C)C)ccc1OC. The van der Waals surface area contributed by atoms with E-state index in [2.05, 4.69) is 32.1 Å². The van der Waals surface area contributed by atoms with Crippen LogP contribution in [0, 0.1) is 23.7 Å². The smallest absolute Gasteiger partial charge is 0.307 e. The van der Waals surface area contributed by atoms with Gasteiger partial charge in [0, 0.05) is 20.1 Å². The van der Waals surface area contributed by atoms with Crippen LogP contribution in [0.2, 0.25) is 0 Å². The van der Waals surface area contributed by atoms with Crippen molar-refractivity contribution < 1.29 is 24.1 Å². The van der Waals surface area contributed by atoms with Crippen LogP contribution >= 0.6 is 0 Å². The lowest BCUT2D eigenvalue weighted by atomic mass is 9.86. The van der Waals surface area contributed by atoms with E-state index in [1.807, 2.05) is 26.0 Å². The van der Waals surface area contributed by atoms with Gasteiger partial charge in [0.25, 0.3) is 0 Å². The number of carboxylic acid groups (broad SMARTS) is 1. The summed E-state index contributed by atoms with van der Waals surface area (Å²) < 4.78 is 16.4. The Kier molecular flexibility index (Phi) is 12.2. The molecule has 0 aromatic heterocycles. The highest BCUT2D eigenvalue weighted by Gasteiger charge is 2.20. The fourth-order valence-electron chi connectivity index (χ4n) is 3.41. The molecular weight excluding hydrogens is 380 g/mol. The number of carboxylic acids is 1. The van der Waals surface area contributed by atoms with E-state index in [9.17, 15) is 9.90 Å². The number of methoxy groups -OCH3 is 2. The maximum Gasteiger partial charge on any atom is 0.307 e. The topological polar surface area (TPSA) is 65.0 Å². The average Bonchev–Trinajstić information content (AvgIpc) is 2.69. The number of hydrogen-bond acceptors (Lipinski definition) is 4. The molecule has 5 heteroatoms. The van der Waals surface area contributed by atoms with Gasteiger partial charge in [0.05, 0.1) is 19.6 Å². The molecule has 0 fully saturated rings. The van der Waals surface area contributed by atoms with Gasteiger partial charge in [-0.1, -0.05) is 45.9 Å². The number of ether oxygens (including phenoxy) is 3. The number of aliphatic carboxylic acids is 1. The first-order valence-electron chi connectivity index (χ1n) is 11.0. The fraction of sp³-hybridized carbons (Fsp3) is 0.640. The van der Waals surface area contributed by atoms with E-state index < -0.39 is 5.97 Å². The average molecular weight is 421 g/mol. The molecule has 0 radical (unpaired) electrons. The predicted octanol–water partition coefficient (Wildman–Crippen LogP) is 5.62. The Morgan fingerprint density at radius 2 is 1.70 bits per heavy atom. The highest BCUT2D eigenvalue weighted by atomic mass is 16.5. The molecule has 1 rings (SSSR count). The van der Waals surface area contributed by atoms with Crippen LogP contribution < -0.4 is 9.47 Å². The normalized spacial score (nSPS) is 13.7. The van der Waals surface area contributed by atoms with Crippen molar-refractivity contribution in [2.75, 3.05) is 27.4 Å². The van der Waals surface area contributed by atoms with Gasteiger partial charge in [-0.2, -0.15) is 0 Å². The monoisotopic (exact) mass is 420 g/mol. The van der Waals surface area contributed by atoms with Gasteiger partial charge in [0.2, 0.25) is 0 Å². The van der Waals surface area contributed by atoms with E-state index in [0.717, 1.165) is 30.8 Å². The molecule has 1 N–H and O–H groups in total. The van der Waals surface area contributed by atoms with Crippen LogP contribution in [0.1, 0.15) is 52.5 Å². The summed E-state index contributed by atoms with van der Waals surface area (Å²) in [7, 11) is 3.34. The van der Waals surface area contributed by atoms with E-state index in [-0.39, 0.29) is 11.8 Å². The van der Waals surface area contributed by atoms with Gasteiger partial charge < -0.3 is 19.3 Å². The minimum absolute atomic E-state index is 0.134. The molecule has 30 heavy (non-hydrogen) atoms. The van der Waals surface area contributed by atoms with Crippen molar-refractivity contribution in [1.82, 2.24) is 0 Å². The number of benzene rings is 1. The number of carbonyl (C=O) groups is 1. The summed E-state index contributed by atoms with van der Waals surface area (Å²) in [4.78, 5) is 11.4. The Hall–Kier alpha value is -2.01. The molecule has 0 aliphatic rings. The van der Waals surface area contributed by atoms with Crippen LogP contribution in [0.4, 0.5) is 0 Å². The third kappa shape index (κ3) is 9.21. The first kappa shape index (κ1) is 26.0. The number of hydrogen-bond donors (Lipinski definition) is 1. The number of allylic oxidation sites excluding steroid dienone is 2. The van der Waals surface area contributed by atoms with Crippen LogP contribution in [-0.2, 0) is 16.0 Å². The molecule has 0 saturated carbocycles. The molecular formula is C25H40O5. The highest BCUT2D eigenvalue weighted by molar-refractivity contribution is 5.70. The standard InChI is InChI=1S/C25H40O5/c1-18(2)21(10-7-8-11-22(19(3)4)25(26)27)16-20-12-13-23(29-6)24(17-20)30-15-9-14-28-5/h7-8,12-13,17-19,21-22H,9-11,14-16H2,1-6H3,(H,26,27)/b8-7+/t21-,22+/m1/s1. The largest absolute Gasteiger partial charge is 0.493 e. The van der Waals surface area contributed by atoms with Crippen LogP contribution in [0.15, 0.2) is 30.4 Å². The molecule has 1 aromatic carbocycles. The molecule has 170 valence electrons. The fourth-order valence-corrected chi connectivity index (χ4v) is 3.41. The Morgan fingerprint density at radius 1 is 1.00 bits per heavy atom. The van der Waals surface area contributed by atoms with Crippen LogP contribution in [0.5, 0.6) is 11.5 Å². The Bertz CT molecular complexity index is 651. The summed E-state index contributed by atoms with van der Waals surface area (Å²) in [6, 6.07) is 6.14. The van der Waals surface area contributed by atoms with Crippen molar-refractivity contribution in [1.29, 1.82) is 0 Å². The zero-order valence-electron chi connectivity index (χ0n) is 19.5. The van der Waals surface area contributed by atoms with Crippen LogP contribution in [-0.4, -0.2) is 38.5 Å². The van der Waals surface area contributed by atoms with E-state index in [1.165, 1.54) is 5.56 Å². The van der Waals surface area contributed by atoms with Crippen LogP contribution in [0.25, 0.3) is 0 Å².